The second-order valence-corrected chi connectivity index (χ2v) is 4.31. The maximum Gasteiger partial charge on any atom is 0.0974 e. The zero-order valence-corrected chi connectivity index (χ0v) is 10.5. The summed E-state index contributed by atoms with van der Waals surface area (Å²) in [5, 5.41) is 8.91. The molecular formula is C10H8Cl3N3. The molecule has 0 saturated heterocycles. The Balaban J connectivity index is 2.23. The lowest BCUT2D eigenvalue weighted by Gasteiger charge is -2.04. The second-order valence-electron chi connectivity index (χ2n) is 3.25. The van der Waals surface area contributed by atoms with Crippen LogP contribution in [0.5, 0.6) is 0 Å². The predicted molar refractivity (Wildman–Crippen MR) is 65.1 cm³/mol. The molecule has 0 unspecified atom stereocenters. The first-order valence-electron chi connectivity index (χ1n) is 4.58. The number of halogens is 3. The molecule has 0 amide bonds. The highest BCUT2D eigenvalue weighted by Crippen LogP contribution is 2.25. The van der Waals surface area contributed by atoms with Gasteiger partial charge in [-0.15, -0.1) is 16.7 Å². The minimum Gasteiger partial charge on any atom is -0.248 e. The van der Waals surface area contributed by atoms with Gasteiger partial charge in [0.1, 0.15) is 0 Å². The molecule has 0 N–H and O–H groups in total. The monoisotopic (exact) mass is 275 g/mol. The summed E-state index contributed by atoms with van der Waals surface area (Å²) < 4.78 is 1.68. The first kappa shape index (κ1) is 11.7. The van der Waals surface area contributed by atoms with E-state index in [0.29, 0.717) is 22.5 Å². The highest BCUT2D eigenvalue weighted by atomic mass is 35.5. The van der Waals surface area contributed by atoms with Gasteiger partial charge in [0.25, 0.3) is 0 Å². The van der Waals surface area contributed by atoms with E-state index in [1.807, 2.05) is 12.1 Å². The summed E-state index contributed by atoms with van der Waals surface area (Å²) in [5.41, 5.74) is 1.64. The lowest BCUT2D eigenvalue weighted by Crippen LogP contribution is -2.01. The van der Waals surface area contributed by atoms with Crippen molar-refractivity contribution in [1.29, 1.82) is 0 Å². The van der Waals surface area contributed by atoms with Crippen molar-refractivity contribution in [3.8, 4) is 0 Å². The van der Waals surface area contributed by atoms with E-state index in [4.69, 9.17) is 34.8 Å². The average Bonchev–Trinajstić information content (AvgIpc) is 2.73. The number of benzene rings is 1. The Morgan fingerprint density at radius 2 is 2.06 bits per heavy atom. The van der Waals surface area contributed by atoms with Crippen LogP contribution in [-0.2, 0) is 12.4 Å². The van der Waals surface area contributed by atoms with E-state index in [1.165, 1.54) is 0 Å². The Labute approximate surface area is 108 Å². The third kappa shape index (κ3) is 2.48. The topological polar surface area (TPSA) is 30.7 Å². The molecule has 0 bridgehead atoms. The van der Waals surface area contributed by atoms with Gasteiger partial charge in [0.2, 0.25) is 0 Å². The minimum atomic E-state index is 0.350. The summed E-state index contributed by atoms with van der Waals surface area (Å²) in [6.45, 7) is 0.531. The van der Waals surface area contributed by atoms with Crippen LogP contribution < -0.4 is 0 Å². The molecule has 1 heterocycles. The molecule has 0 spiro atoms. The van der Waals surface area contributed by atoms with Gasteiger partial charge in [-0.1, -0.05) is 40.5 Å². The van der Waals surface area contributed by atoms with Gasteiger partial charge >= 0.3 is 0 Å². The van der Waals surface area contributed by atoms with Crippen molar-refractivity contribution in [3.63, 3.8) is 0 Å². The van der Waals surface area contributed by atoms with Gasteiger partial charge in [-0.3, -0.25) is 0 Å². The van der Waals surface area contributed by atoms with Crippen molar-refractivity contribution < 1.29 is 0 Å². The summed E-state index contributed by atoms with van der Waals surface area (Å²) in [5.74, 6) is 0.350. The van der Waals surface area contributed by atoms with Gasteiger partial charge in [-0.25, -0.2) is 4.68 Å². The molecule has 16 heavy (non-hydrogen) atoms. The summed E-state index contributed by atoms with van der Waals surface area (Å²) >= 11 is 17.6. The summed E-state index contributed by atoms with van der Waals surface area (Å²) in [4.78, 5) is 0. The van der Waals surface area contributed by atoms with E-state index < -0.39 is 0 Å². The minimum absolute atomic E-state index is 0.350. The zero-order valence-electron chi connectivity index (χ0n) is 8.20. The van der Waals surface area contributed by atoms with Gasteiger partial charge in [-0.2, -0.15) is 0 Å². The average molecular weight is 277 g/mol. The summed E-state index contributed by atoms with van der Waals surface area (Å²) in [6.07, 6.45) is 1.78. The van der Waals surface area contributed by atoms with E-state index in [2.05, 4.69) is 10.3 Å². The molecule has 0 saturated carbocycles. The highest BCUT2D eigenvalue weighted by Gasteiger charge is 2.06. The van der Waals surface area contributed by atoms with Crippen molar-refractivity contribution in [2.45, 2.75) is 12.4 Å². The number of rotatable bonds is 3. The Morgan fingerprint density at radius 1 is 1.25 bits per heavy atom. The summed E-state index contributed by atoms with van der Waals surface area (Å²) in [6, 6.07) is 5.50. The third-order valence-corrected chi connectivity index (χ3v) is 3.22. The van der Waals surface area contributed by atoms with Crippen LogP contribution in [0.2, 0.25) is 10.0 Å². The molecule has 3 nitrogen and oxygen atoms in total. The molecular weight excluding hydrogens is 268 g/mol. The van der Waals surface area contributed by atoms with Crippen LogP contribution in [0.3, 0.4) is 0 Å². The lowest BCUT2D eigenvalue weighted by molar-refractivity contribution is 0.649. The molecule has 2 rings (SSSR count). The van der Waals surface area contributed by atoms with Crippen molar-refractivity contribution in [2.75, 3.05) is 0 Å². The van der Waals surface area contributed by atoms with Crippen LogP contribution in [0, 0.1) is 0 Å². The van der Waals surface area contributed by atoms with Crippen molar-refractivity contribution in [1.82, 2.24) is 15.0 Å². The van der Waals surface area contributed by atoms with Gasteiger partial charge in [0.15, 0.2) is 0 Å². The van der Waals surface area contributed by atoms with Crippen LogP contribution in [0.25, 0.3) is 0 Å². The molecule has 1 aromatic carbocycles. The first-order chi connectivity index (χ1) is 7.70. The fraction of sp³-hybridized carbons (Fsp3) is 0.200. The van der Waals surface area contributed by atoms with Crippen molar-refractivity contribution >= 4 is 34.8 Å². The third-order valence-electron chi connectivity index (χ3n) is 2.09. The molecule has 0 aliphatic rings. The largest absolute Gasteiger partial charge is 0.248 e. The lowest BCUT2D eigenvalue weighted by atomic mass is 10.2. The van der Waals surface area contributed by atoms with Crippen LogP contribution in [0.4, 0.5) is 0 Å². The molecule has 0 radical (unpaired) electrons. The second kappa shape index (κ2) is 5.04. The highest BCUT2D eigenvalue weighted by molar-refractivity contribution is 6.42. The zero-order chi connectivity index (χ0) is 11.5. The maximum absolute atomic E-state index is 6.06. The number of nitrogens with zero attached hydrogens (tertiary/aromatic N) is 3. The fourth-order valence-corrected chi connectivity index (χ4v) is 1.82. The van der Waals surface area contributed by atoms with E-state index in [9.17, 15) is 0 Å². The normalized spacial score (nSPS) is 10.7. The van der Waals surface area contributed by atoms with E-state index in [0.717, 1.165) is 11.3 Å². The standard InChI is InChI=1S/C10H8Cl3N3/c11-4-8-6-16(15-14-8)5-7-2-1-3-9(12)10(7)13/h1-3,6H,4-5H2. The maximum atomic E-state index is 6.06. The quantitative estimate of drug-likeness (QED) is 0.805. The molecule has 6 heteroatoms. The van der Waals surface area contributed by atoms with E-state index in [1.54, 1.807) is 16.9 Å². The Morgan fingerprint density at radius 3 is 2.75 bits per heavy atom. The molecule has 0 fully saturated rings. The number of hydrogen-bond acceptors (Lipinski definition) is 2. The SMILES string of the molecule is ClCc1cn(Cc2cccc(Cl)c2Cl)nn1. The van der Waals surface area contributed by atoms with Crippen LogP contribution in [0.1, 0.15) is 11.3 Å². The van der Waals surface area contributed by atoms with Crippen molar-refractivity contribution in [3.05, 3.63) is 45.7 Å². The first-order valence-corrected chi connectivity index (χ1v) is 5.87. The van der Waals surface area contributed by atoms with Gasteiger partial charge < -0.3 is 0 Å². The van der Waals surface area contributed by atoms with Crippen molar-refractivity contribution in [2.24, 2.45) is 0 Å². The van der Waals surface area contributed by atoms with Crippen LogP contribution in [0.15, 0.2) is 24.4 Å². The fourth-order valence-electron chi connectivity index (χ4n) is 1.32. The number of hydrogen-bond donors (Lipinski definition) is 0. The molecule has 0 aliphatic carbocycles. The smallest absolute Gasteiger partial charge is 0.0974 e. The van der Waals surface area contributed by atoms with Gasteiger partial charge in [0.05, 0.1) is 34.4 Å². The van der Waals surface area contributed by atoms with Crippen LogP contribution in [-0.4, -0.2) is 15.0 Å². The molecule has 1 aromatic heterocycles. The Bertz CT molecular complexity index is 496. The molecule has 2 aromatic rings. The number of aromatic nitrogens is 3. The Kier molecular flexibility index (Phi) is 3.69. The van der Waals surface area contributed by atoms with Gasteiger partial charge in [-0.05, 0) is 11.6 Å². The van der Waals surface area contributed by atoms with E-state index in [-0.39, 0.29) is 0 Å². The number of alkyl halides is 1. The Hall–Kier alpha value is -0.770. The molecule has 84 valence electrons. The molecule has 0 atom stereocenters. The van der Waals surface area contributed by atoms with Crippen LogP contribution >= 0.6 is 34.8 Å². The van der Waals surface area contributed by atoms with Gasteiger partial charge in [0, 0.05) is 0 Å². The predicted octanol–water partition coefficient (Wildman–Crippen LogP) is 3.37. The van der Waals surface area contributed by atoms with E-state index >= 15 is 0 Å². The molecule has 0 aliphatic heterocycles. The summed E-state index contributed by atoms with van der Waals surface area (Å²) in [7, 11) is 0.